The van der Waals surface area contributed by atoms with Gasteiger partial charge < -0.3 is 14.4 Å². The monoisotopic (exact) mass is 433 g/mol. The van der Waals surface area contributed by atoms with E-state index < -0.39 is 0 Å². The Balaban J connectivity index is 1.52. The molecule has 3 heterocycles. The molecular formula is C20H20BrNO3S. The Hall–Kier alpha value is -1.79. The molecule has 2 aliphatic rings. The smallest absolute Gasteiger partial charge is 0.247 e. The highest BCUT2D eigenvalue weighted by Gasteiger charge is 2.29. The van der Waals surface area contributed by atoms with Gasteiger partial charge in [-0.05, 0) is 64.7 Å². The Kier molecular flexibility index (Phi) is 5.31. The van der Waals surface area contributed by atoms with Gasteiger partial charge in [0, 0.05) is 23.9 Å². The van der Waals surface area contributed by atoms with Gasteiger partial charge in [0.25, 0.3) is 0 Å². The van der Waals surface area contributed by atoms with Gasteiger partial charge in [-0.25, -0.2) is 0 Å². The number of ether oxygens (including phenoxy) is 2. The summed E-state index contributed by atoms with van der Waals surface area (Å²) in [5.74, 6) is 1.65. The van der Waals surface area contributed by atoms with Gasteiger partial charge in [0.05, 0.1) is 23.0 Å². The summed E-state index contributed by atoms with van der Waals surface area (Å²) >= 11 is 5.06. The van der Waals surface area contributed by atoms with Crippen molar-refractivity contribution in [2.75, 3.05) is 19.8 Å². The van der Waals surface area contributed by atoms with Crippen molar-refractivity contribution in [1.82, 2.24) is 4.90 Å². The van der Waals surface area contributed by atoms with E-state index in [4.69, 9.17) is 9.47 Å². The third kappa shape index (κ3) is 3.81. The van der Waals surface area contributed by atoms with Crippen molar-refractivity contribution in [2.45, 2.75) is 25.3 Å². The first-order valence-corrected chi connectivity index (χ1v) is 10.5. The predicted molar refractivity (Wildman–Crippen MR) is 107 cm³/mol. The molecule has 0 saturated carbocycles. The zero-order chi connectivity index (χ0) is 17.9. The van der Waals surface area contributed by atoms with Crippen molar-refractivity contribution in [3.8, 4) is 11.5 Å². The molecule has 0 aliphatic carbocycles. The Labute approximate surface area is 165 Å². The summed E-state index contributed by atoms with van der Waals surface area (Å²) in [4.78, 5) is 15.8. The second-order valence-electron chi connectivity index (χ2n) is 6.42. The lowest BCUT2D eigenvalue weighted by Gasteiger charge is -2.24. The molecule has 1 aromatic carbocycles. The van der Waals surface area contributed by atoms with Crippen LogP contribution in [0.25, 0.3) is 6.08 Å². The molecular weight excluding hydrogens is 414 g/mol. The van der Waals surface area contributed by atoms with Crippen LogP contribution in [0.15, 0.2) is 40.2 Å². The van der Waals surface area contributed by atoms with Gasteiger partial charge in [-0.2, -0.15) is 0 Å². The first-order chi connectivity index (χ1) is 12.7. The van der Waals surface area contributed by atoms with Crippen LogP contribution in [0.1, 0.15) is 35.7 Å². The number of carbonyl (C=O) groups is 1. The summed E-state index contributed by atoms with van der Waals surface area (Å²) < 4.78 is 12.6. The van der Waals surface area contributed by atoms with Crippen molar-refractivity contribution in [2.24, 2.45) is 0 Å². The normalized spacial score (nSPS) is 19.7. The van der Waals surface area contributed by atoms with Crippen molar-refractivity contribution in [3.63, 3.8) is 0 Å². The highest BCUT2D eigenvalue weighted by atomic mass is 79.9. The zero-order valence-corrected chi connectivity index (χ0v) is 16.7. The number of hydrogen-bond acceptors (Lipinski definition) is 4. The minimum absolute atomic E-state index is 0.0594. The number of benzene rings is 1. The summed E-state index contributed by atoms with van der Waals surface area (Å²) in [6.07, 6.45) is 6.45. The number of nitrogens with zero attached hydrogens (tertiary/aromatic N) is 1. The van der Waals surface area contributed by atoms with Gasteiger partial charge in [0.1, 0.15) is 0 Å². The molecule has 0 N–H and O–H groups in total. The number of amides is 1. The van der Waals surface area contributed by atoms with E-state index in [1.54, 1.807) is 17.4 Å². The molecule has 1 atom stereocenters. The van der Waals surface area contributed by atoms with Crippen LogP contribution in [-0.2, 0) is 4.79 Å². The largest absolute Gasteiger partial charge is 0.490 e. The number of hydrogen-bond donors (Lipinski definition) is 0. The minimum Gasteiger partial charge on any atom is -0.490 e. The first-order valence-electron chi connectivity index (χ1n) is 8.84. The summed E-state index contributed by atoms with van der Waals surface area (Å²) in [6.45, 7) is 2.14. The number of likely N-dealkylation sites (tertiary alicyclic amines) is 1. The van der Waals surface area contributed by atoms with E-state index in [-0.39, 0.29) is 11.9 Å². The maximum absolute atomic E-state index is 12.7. The Morgan fingerprint density at radius 2 is 2.00 bits per heavy atom. The molecule has 0 radical (unpaired) electrons. The molecule has 2 aliphatic heterocycles. The third-order valence-corrected chi connectivity index (χ3v) is 6.27. The number of halogens is 1. The van der Waals surface area contributed by atoms with Crippen LogP contribution in [0.5, 0.6) is 11.5 Å². The van der Waals surface area contributed by atoms with E-state index in [0.717, 1.165) is 51.5 Å². The van der Waals surface area contributed by atoms with E-state index in [0.29, 0.717) is 13.2 Å². The van der Waals surface area contributed by atoms with Crippen LogP contribution >= 0.6 is 27.3 Å². The molecule has 1 saturated heterocycles. The van der Waals surface area contributed by atoms with Crippen LogP contribution in [0.3, 0.4) is 0 Å². The Bertz CT molecular complexity index is 832. The van der Waals surface area contributed by atoms with Gasteiger partial charge in [0.15, 0.2) is 11.5 Å². The maximum atomic E-state index is 12.7. The molecule has 1 aromatic heterocycles. The Morgan fingerprint density at radius 3 is 2.81 bits per heavy atom. The lowest BCUT2D eigenvalue weighted by Crippen LogP contribution is -2.28. The molecule has 136 valence electrons. The molecule has 0 bridgehead atoms. The van der Waals surface area contributed by atoms with E-state index in [1.165, 1.54) is 0 Å². The SMILES string of the molecule is O=C(C=Cc1ccc(Br)s1)N1CCCC1c1ccc2c(c1)OCCCO2. The summed E-state index contributed by atoms with van der Waals surface area (Å²) in [5, 5.41) is 0. The summed E-state index contributed by atoms with van der Waals surface area (Å²) in [6, 6.07) is 10.2. The van der Waals surface area contributed by atoms with Gasteiger partial charge >= 0.3 is 0 Å². The minimum atomic E-state index is 0.0594. The molecule has 4 nitrogen and oxygen atoms in total. The Morgan fingerprint density at radius 1 is 1.15 bits per heavy atom. The van der Waals surface area contributed by atoms with Gasteiger partial charge in [0.2, 0.25) is 5.91 Å². The second kappa shape index (κ2) is 7.84. The van der Waals surface area contributed by atoms with Crippen LogP contribution in [0.2, 0.25) is 0 Å². The fourth-order valence-corrected chi connectivity index (χ4v) is 4.76. The van der Waals surface area contributed by atoms with Gasteiger partial charge in [-0.3, -0.25) is 4.79 Å². The highest BCUT2D eigenvalue weighted by molar-refractivity contribution is 9.11. The van der Waals surface area contributed by atoms with Crippen molar-refractivity contribution in [1.29, 1.82) is 0 Å². The van der Waals surface area contributed by atoms with E-state index in [1.807, 2.05) is 35.2 Å². The summed E-state index contributed by atoms with van der Waals surface area (Å²) in [7, 11) is 0. The topological polar surface area (TPSA) is 38.8 Å². The van der Waals surface area contributed by atoms with Crippen LogP contribution < -0.4 is 9.47 Å². The number of rotatable bonds is 3. The van der Waals surface area contributed by atoms with Crippen molar-refractivity contribution < 1.29 is 14.3 Å². The number of fused-ring (bicyclic) bond motifs is 1. The fourth-order valence-electron chi connectivity index (χ4n) is 3.43. The number of carbonyl (C=O) groups excluding carboxylic acids is 1. The molecule has 2 aromatic rings. The average molecular weight is 434 g/mol. The lowest BCUT2D eigenvalue weighted by molar-refractivity contribution is -0.126. The van der Waals surface area contributed by atoms with Crippen LogP contribution in [0, 0.1) is 0 Å². The quantitative estimate of drug-likeness (QED) is 0.635. The third-order valence-electron chi connectivity index (χ3n) is 4.68. The molecule has 1 amide bonds. The van der Waals surface area contributed by atoms with E-state index in [9.17, 15) is 4.79 Å². The second-order valence-corrected chi connectivity index (χ2v) is 8.92. The standard InChI is InChI=1S/C20H20BrNO3S/c21-19-8-5-15(26-19)6-9-20(23)22-10-1-3-16(22)14-4-7-17-18(13-14)25-12-2-11-24-17/h4-9,13,16H,1-3,10-12H2. The van der Waals surface area contributed by atoms with E-state index >= 15 is 0 Å². The van der Waals surface area contributed by atoms with Crippen LogP contribution in [0.4, 0.5) is 0 Å². The molecule has 0 spiro atoms. The molecule has 1 fully saturated rings. The average Bonchev–Trinajstić information content (AvgIpc) is 3.23. The summed E-state index contributed by atoms with van der Waals surface area (Å²) in [5.41, 5.74) is 1.12. The van der Waals surface area contributed by atoms with Crippen LogP contribution in [-0.4, -0.2) is 30.6 Å². The molecule has 26 heavy (non-hydrogen) atoms. The van der Waals surface area contributed by atoms with Gasteiger partial charge in [-0.1, -0.05) is 6.07 Å². The maximum Gasteiger partial charge on any atom is 0.247 e. The molecule has 1 unspecified atom stereocenters. The van der Waals surface area contributed by atoms with E-state index in [2.05, 4.69) is 22.0 Å². The fraction of sp³-hybridized carbons (Fsp3) is 0.350. The predicted octanol–water partition coefficient (Wildman–Crippen LogP) is 5.05. The van der Waals surface area contributed by atoms with Crippen molar-refractivity contribution >= 4 is 39.2 Å². The first kappa shape index (κ1) is 17.6. The van der Waals surface area contributed by atoms with Gasteiger partial charge in [-0.15, -0.1) is 11.3 Å². The van der Waals surface area contributed by atoms with Crippen molar-refractivity contribution in [3.05, 3.63) is 50.6 Å². The highest BCUT2D eigenvalue weighted by Crippen LogP contribution is 2.38. The lowest BCUT2D eigenvalue weighted by atomic mass is 10.0. The molecule has 4 rings (SSSR count). The number of thiophene rings is 1. The molecule has 6 heteroatoms. The zero-order valence-electron chi connectivity index (χ0n) is 14.3.